The van der Waals surface area contributed by atoms with Crippen molar-refractivity contribution in [3.05, 3.63) is 109 Å². The van der Waals surface area contributed by atoms with E-state index < -0.39 is 17.1 Å². The fourth-order valence-corrected chi connectivity index (χ4v) is 3.90. The first-order valence-corrected chi connectivity index (χ1v) is 10.7. The quantitative estimate of drug-likeness (QED) is 0.320. The zero-order valence-corrected chi connectivity index (χ0v) is 19.6. The van der Waals surface area contributed by atoms with Crippen molar-refractivity contribution >= 4 is 23.5 Å². The highest BCUT2D eigenvalue weighted by Crippen LogP contribution is 2.22. The number of isocyanates is 2. The molecule has 1 aromatic heterocycles. The maximum absolute atomic E-state index is 13.8. The number of aryl methyl sites for hydroxylation is 3. The maximum Gasteiger partial charge on any atom is 0.345 e. The van der Waals surface area contributed by atoms with Gasteiger partial charge < -0.3 is 0 Å². The van der Waals surface area contributed by atoms with Gasteiger partial charge in [-0.3, -0.25) is 0 Å². The number of benzene rings is 3. The summed E-state index contributed by atoms with van der Waals surface area (Å²) < 4.78 is 2.60. The van der Waals surface area contributed by atoms with Gasteiger partial charge in [0, 0.05) is 0 Å². The van der Waals surface area contributed by atoms with E-state index in [0.29, 0.717) is 16.7 Å². The average molecular weight is 481 g/mol. The second-order valence-corrected chi connectivity index (χ2v) is 7.99. The van der Waals surface area contributed by atoms with Gasteiger partial charge in [0.1, 0.15) is 0 Å². The van der Waals surface area contributed by atoms with E-state index in [1.165, 1.54) is 36.4 Å². The number of para-hydroxylation sites is 1. The highest BCUT2D eigenvalue weighted by Gasteiger charge is 2.22. The minimum Gasteiger partial charge on any atom is -0.246 e. The summed E-state index contributed by atoms with van der Waals surface area (Å²) in [6.45, 7) is 5.08. The van der Waals surface area contributed by atoms with Gasteiger partial charge in [0.25, 0.3) is 0 Å². The first-order valence-electron chi connectivity index (χ1n) is 10.7. The second-order valence-electron chi connectivity index (χ2n) is 7.99. The molecule has 0 atom stereocenters. The van der Waals surface area contributed by atoms with E-state index in [2.05, 4.69) is 9.98 Å². The summed E-state index contributed by atoms with van der Waals surface area (Å²) >= 11 is 0. The molecule has 0 saturated carbocycles. The molecular weight excluding hydrogens is 462 g/mol. The van der Waals surface area contributed by atoms with Crippen molar-refractivity contribution in [1.82, 2.24) is 13.7 Å². The topological polar surface area (TPSA) is 125 Å². The normalized spacial score (nSPS) is 10.4. The summed E-state index contributed by atoms with van der Waals surface area (Å²) in [6, 6.07) is 15.8. The third-order valence-electron chi connectivity index (χ3n) is 5.72. The smallest absolute Gasteiger partial charge is 0.246 e. The van der Waals surface area contributed by atoms with Crippen LogP contribution in [-0.2, 0) is 9.59 Å². The standard InChI is InChI=1S/C26H19N5O5/c1-16-6-4-5-7-21(16)29-24(34)30(22-12-19(27-14-32)10-8-17(22)2)26(36)31(25(29)35)23-13-20(28-15-33)11-9-18(23)3/h4-13H,1-3H3. The molecule has 36 heavy (non-hydrogen) atoms. The molecule has 0 aliphatic rings. The predicted octanol–water partition coefficient (Wildman–Crippen LogP) is 3.00. The number of rotatable bonds is 5. The number of hydrogen-bond donors (Lipinski definition) is 0. The number of hydrogen-bond acceptors (Lipinski definition) is 7. The zero-order chi connectivity index (χ0) is 26.0. The SMILES string of the molecule is Cc1ccccc1-n1c(=O)n(-c2cc(N=C=O)ccc2C)c(=O)n(-c2cc(N=C=O)ccc2C)c1=O. The highest BCUT2D eigenvalue weighted by molar-refractivity contribution is 5.58. The minimum absolute atomic E-state index is 0.136. The Morgan fingerprint density at radius 2 is 0.944 bits per heavy atom. The van der Waals surface area contributed by atoms with E-state index in [-0.39, 0.29) is 28.4 Å². The Hall–Kier alpha value is -5.17. The van der Waals surface area contributed by atoms with Gasteiger partial charge in [-0.2, -0.15) is 9.98 Å². The third kappa shape index (κ3) is 4.10. The van der Waals surface area contributed by atoms with Crippen LogP contribution in [0.4, 0.5) is 11.4 Å². The van der Waals surface area contributed by atoms with Gasteiger partial charge in [0.05, 0.1) is 28.4 Å². The zero-order valence-electron chi connectivity index (χ0n) is 19.6. The van der Waals surface area contributed by atoms with Crippen LogP contribution >= 0.6 is 0 Å². The van der Waals surface area contributed by atoms with Crippen molar-refractivity contribution in [2.45, 2.75) is 20.8 Å². The fourth-order valence-electron chi connectivity index (χ4n) is 3.90. The lowest BCUT2D eigenvalue weighted by atomic mass is 10.1. The van der Waals surface area contributed by atoms with Crippen molar-refractivity contribution < 1.29 is 9.59 Å². The van der Waals surface area contributed by atoms with Crippen LogP contribution in [-0.4, -0.2) is 25.9 Å². The Morgan fingerprint density at radius 1 is 0.556 bits per heavy atom. The molecule has 178 valence electrons. The third-order valence-corrected chi connectivity index (χ3v) is 5.72. The van der Waals surface area contributed by atoms with Gasteiger partial charge in [-0.15, -0.1) is 0 Å². The molecule has 3 aromatic carbocycles. The molecule has 10 nitrogen and oxygen atoms in total. The molecule has 0 radical (unpaired) electrons. The van der Waals surface area contributed by atoms with Gasteiger partial charge in [0.2, 0.25) is 12.2 Å². The summed E-state index contributed by atoms with van der Waals surface area (Å²) in [6.07, 6.45) is 2.87. The van der Waals surface area contributed by atoms with E-state index >= 15 is 0 Å². The molecule has 0 spiro atoms. The molecular formula is C26H19N5O5. The van der Waals surface area contributed by atoms with Crippen molar-refractivity contribution in [2.24, 2.45) is 9.98 Å². The van der Waals surface area contributed by atoms with Crippen LogP contribution in [0.15, 0.2) is 85.0 Å². The van der Waals surface area contributed by atoms with Gasteiger partial charge in [-0.1, -0.05) is 30.3 Å². The molecule has 0 aliphatic carbocycles. The monoisotopic (exact) mass is 481 g/mol. The molecule has 10 heteroatoms. The molecule has 1 heterocycles. The summed E-state index contributed by atoms with van der Waals surface area (Å²) in [4.78, 5) is 70.1. The van der Waals surface area contributed by atoms with Gasteiger partial charge in [-0.25, -0.2) is 37.7 Å². The molecule has 4 aromatic rings. The maximum atomic E-state index is 13.8. The van der Waals surface area contributed by atoms with E-state index in [9.17, 15) is 24.0 Å². The Labute approximate surface area is 203 Å². The summed E-state index contributed by atoms with van der Waals surface area (Å²) in [5.74, 6) is 0. The van der Waals surface area contributed by atoms with Gasteiger partial charge >= 0.3 is 17.1 Å². The Balaban J connectivity index is 2.24. The van der Waals surface area contributed by atoms with Gasteiger partial charge in [-0.05, 0) is 67.8 Å². The molecule has 0 aliphatic heterocycles. The molecule has 4 rings (SSSR count). The lowest BCUT2D eigenvalue weighted by molar-refractivity contribution is 0.564. The van der Waals surface area contributed by atoms with Crippen LogP contribution in [0.1, 0.15) is 16.7 Å². The first-order chi connectivity index (χ1) is 17.3. The Bertz CT molecular complexity index is 1690. The van der Waals surface area contributed by atoms with E-state index in [4.69, 9.17) is 0 Å². The number of nitrogens with zero attached hydrogens (tertiary/aromatic N) is 5. The van der Waals surface area contributed by atoms with Crippen molar-refractivity contribution in [3.63, 3.8) is 0 Å². The van der Waals surface area contributed by atoms with Crippen molar-refractivity contribution in [1.29, 1.82) is 0 Å². The largest absolute Gasteiger partial charge is 0.345 e. The van der Waals surface area contributed by atoms with Crippen LogP contribution in [0.3, 0.4) is 0 Å². The molecule has 0 unspecified atom stereocenters. The number of carbonyl (C=O) groups excluding carboxylic acids is 2. The number of aromatic nitrogens is 3. The van der Waals surface area contributed by atoms with Crippen LogP contribution in [0, 0.1) is 20.8 Å². The Morgan fingerprint density at radius 3 is 1.36 bits per heavy atom. The predicted molar refractivity (Wildman–Crippen MR) is 133 cm³/mol. The van der Waals surface area contributed by atoms with E-state index in [0.717, 1.165) is 13.7 Å². The van der Waals surface area contributed by atoms with E-state index in [1.54, 1.807) is 57.2 Å². The highest BCUT2D eigenvalue weighted by atomic mass is 16.2. The van der Waals surface area contributed by atoms with Crippen LogP contribution < -0.4 is 17.1 Å². The van der Waals surface area contributed by atoms with E-state index in [1.807, 2.05) is 0 Å². The fraction of sp³-hybridized carbons (Fsp3) is 0.115. The minimum atomic E-state index is -0.944. The Kier molecular flexibility index (Phi) is 6.39. The lowest BCUT2D eigenvalue weighted by Crippen LogP contribution is -2.53. The summed E-state index contributed by atoms with van der Waals surface area (Å²) in [7, 11) is 0. The number of aliphatic imine (C=N–C) groups is 2. The first kappa shape index (κ1) is 24.0. The molecule has 0 amide bonds. The van der Waals surface area contributed by atoms with Gasteiger partial charge in [0.15, 0.2) is 0 Å². The second kappa shape index (κ2) is 9.60. The summed E-state index contributed by atoms with van der Waals surface area (Å²) in [5.41, 5.74) is -0.152. The van der Waals surface area contributed by atoms with Crippen LogP contribution in [0.25, 0.3) is 17.1 Å². The van der Waals surface area contributed by atoms with Crippen molar-refractivity contribution in [3.8, 4) is 17.1 Å². The van der Waals surface area contributed by atoms with Crippen molar-refractivity contribution in [2.75, 3.05) is 0 Å². The van der Waals surface area contributed by atoms with Crippen LogP contribution in [0.5, 0.6) is 0 Å². The molecule has 0 fully saturated rings. The molecule has 0 saturated heterocycles. The molecule has 0 bridgehead atoms. The van der Waals surface area contributed by atoms with Crippen LogP contribution in [0.2, 0.25) is 0 Å². The molecule has 0 N–H and O–H groups in total. The lowest BCUT2D eigenvalue weighted by Gasteiger charge is -2.17. The average Bonchev–Trinajstić information content (AvgIpc) is 2.84. The summed E-state index contributed by atoms with van der Waals surface area (Å²) in [5, 5.41) is 0.